The summed E-state index contributed by atoms with van der Waals surface area (Å²) in [5, 5.41) is 23.1. The molecule has 4 aromatic rings. The number of amides is 1. The molecule has 176 valence electrons. The number of thioether (sulfide) groups is 1. The molecule has 1 aliphatic heterocycles. The molecule has 0 radical (unpaired) electrons. The minimum atomic E-state index is -0.451. The lowest BCUT2D eigenvalue weighted by atomic mass is 10.2. The van der Waals surface area contributed by atoms with Gasteiger partial charge < -0.3 is 14.8 Å². The first-order valence-electron chi connectivity index (χ1n) is 10.6. The standard InChI is InChI=1S/C24H19N5O5S/c30-23(17-6-11-20-21(12-17)34-15-33-20)25-13-22-26-27-24(35-14-16-4-2-1-3-5-16)28(22)18-7-9-19(10-8-18)29(31)32/h1-12H,13-15H2,(H,25,30). The van der Waals surface area contributed by atoms with E-state index in [0.717, 1.165) is 5.56 Å². The monoisotopic (exact) mass is 489 g/mol. The number of benzene rings is 3. The van der Waals surface area contributed by atoms with Crippen molar-refractivity contribution in [2.45, 2.75) is 17.5 Å². The van der Waals surface area contributed by atoms with Crippen molar-refractivity contribution in [3.05, 3.63) is 99.9 Å². The number of rotatable bonds is 8. The molecule has 1 amide bonds. The highest BCUT2D eigenvalue weighted by atomic mass is 32.2. The average molecular weight is 490 g/mol. The van der Waals surface area contributed by atoms with Crippen LogP contribution in [-0.2, 0) is 12.3 Å². The predicted octanol–water partition coefficient (Wildman–Crippen LogP) is 4.13. The zero-order valence-corrected chi connectivity index (χ0v) is 19.1. The Kier molecular flexibility index (Phi) is 6.31. The molecular formula is C24H19N5O5S. The molecule has 0 atom stereocenters. The molecule has 0 unspecified atom stereocenters. The second kappa shape index (κ2) is 9.85. The SMILES string of the molecule is O=C(NCc1nnc(SCc2ccccc2)n1-c1ccc([N+](=O)[O-])cc1)c1ccc2c(c1)OCO2. The van der Waals surface area contributed by atoms with Crippen molar-refractivity contribution in [3.8, 4) is 17.2 Å². The summed E-state index contributed by atoms with van der Waals surface area (Å²) in [6, 6.07) is 21.0. The topological polar surface area (TPSA) is 121 Å². The molecule has 3 aromatic carbocycles. The fourth-order valence-corrected chi connectivity index (χ4v) is 4.44. The van der Waals surface area contributed by atoms with E-state index < -0.39 is 4.92 Å². The highest BCUT2D eigenvalue weighted by molar-refractivity contribution is 7.98. The van der Waals surface area contributed by atoms with Crippen molar-refractivity contribution in [1.29, 1.82) is 0 Å². The van der Waals surface area contributed by atoms with Gasteiger partial charge in [0.05, 0.1) is 11.5 Å². The van der Waals surface area contributed by atoms with Gasteiger partial charge in [-0.05, 0) is 35.9 Å². The third kappa shape index (κ3) is 4.94. The molecule has 0 aliphatic carbocycles. The van der Waals surface area contributed by atoms with Crippen LogP contribution in [0, 0.1) is 10.1 Å². The maximum Gasteiger partial charge on any atom is 0.269 e. The van der Waals surface area contributed by atoms with Crippen LogP contribution in [0.1, 0.15) is 21.7 Å². The number of nitrogens with one attached hydrogen (secondary N) is 1. The van der Waals surface area contributed by atoms with Gasteiger partial charge >= 0.3 is 0 Å². The van der Waals surface area contributed by atoms with Gasteiger partial charge in [-0.2, -0.15) is 0 Å². The number of nitrogens with zero attached hydrogens (tertiary/aromatic N) is 4. The Morgan fingerprint density at radius 3 is 2.57 bits per heavy atom. The number of fused-ring (bicyclic) bond motifs is 1. The summed E-state index contributed by atoms with van der Waals surface area (Å²) in [6.45, 7) is 0.228. The van der Waals surface area contributed by atoms with E-state index in [-0.39, 0.29) is 24.9 Å². The first-order valence-corrected chi connectivity index (χ1v) is 11.6. The van der Waals surface area contributed by atoms with Crippen LogP contribution in [0.3, 0.4) is 0 Å². The van der Waals surface area contributed by atoms with Gasteiger partial charge in [-0.15, -0.1) is 10.2 Å². The van der Waals surface area contributed by atoms with E-state index in [1.165, 1.54) is 23.9 Å². The van der Waals surface area contributed by atoms with E-state index >= 15 is 0 Å². The summed E-state index contributed by atoms with van der Waals surface area (Å²) in [7, 11) is 0. The Labute approximate surface area is 204 Å². The van der Waals surface area contributed by atoms with Crippen LogP contribution in [0.15, 0.2) is 78.0 Å². The van der Waals surface area contributed by atoms with E-state index in [4.69, 9.17) is 9.47 Å². The number of ether oxygens (including phenoxy) is 2. The molecule has 0 bridgehead atoms. The molecule has 1 aliphatic rings. The van der Waals surface area contributed by atoms with Crippen LogP contribution in [0.4, 0.5) is 5.69 Å². The largest absolute Gasteiger partial charge is 0.454 e. The van der Waals surface area contributed by atoms with Gasteiger partial charge in [0.2, 0.25) is 6.79 Å². The maximum absolute atomic E-state index is 12.8. The minimum Gasteiger partial charge on any atom is -0.454 e. The van der Waals surface area contributed by atoms with Gasteiger partial charge in [-0.25, -0.2) is 0 Å². The molecule has 0 saturated carbocycles. The number of aromatic nitrogens is 3. The van der Waals surface area contributed by atoms with E-state index in [9.17, 15) is 14.9 Å². The predicted molar refractivity (Wildman–Crippen MR) is 128 cm³/mol. The van der Waals surface area contributed by atoms with Crippen LogP contribution < -0.4 is 14.8 Å². The van der Waals surface area contributed by atoms with Gasteiger partial charge in [0.25, 0.3) is 11.6 Å². The lowest BCUT2D eigenvalue weighted by Gasteiger charge is -2.11. The summed E-state index contributed by atoms with van der Waals surface area (Å²) >= 11 is 1.48. The maximum atomic E-state index is 12.8. The number of carbonyl (C=O) groups is 1. The van der Waals surface area contributed by atoms with Crippen molar-refractivity contribution in [1.82, 2.24) is 20.1 Å². The lowest BCUT2D eigenvalue weighted by Crippen LogP contribution is -2.24. The van der Waals surface area contributed by atoms with Gasteiger partial charge in [0.1, 0.15) is 0 Å². The van der Waals surface area contributed by atoms with Crippen LogP contribution in [0.5, 0.6) is 11.5 Å². The third-order valence-electron chi connectivity index (χ3n) is 5.27. The van der Waals surface area contributed by atoms with E-state index in [1.54, 1.807) is 34.9 Å². The summed E-state index contributed by atoms with van der Waals surface area (Å²) in [6.07, 6.45) is 0. The summed E-state index contributed by atoms with van der Waals surface area (Å²) in [4.78, 5) is 23.4. The Bertz CT molecular complexity index is 1380. The van der Waals surface area contributed by atoms with Crippen molar-refractivity contribution >= 4 is 23.4 Å². The molecule has 35 heavy (non-hydrogen) atoms. The van der Waals surface area contributed by atoms with E-state index in [2.05, 4.69) is 15.5 Å². The Morgan fingerprint density at radius 1 is 1.03 bits per heavy atom. The van der Waals surface area contributed by atoms with Crippen LogP contribution in [-0.4, -0.2) is 32.4 Å². The van der Waals surface area contributed by atoms with E-state index in [1.807, 2.05) is 30.3 Å². The zero-order chi connectivity index (χ0) is 24.2. The first kappa shape index (κ1) is 22.4. The molecular weight excluding hydrogens is 470 g/mol. The summed E-state index contributed by atoms with van der Waals surface area (Å²) < 4.78 is 12.4. The third-order valence-corrected chi connectivity index (χ3v) is 6.27. The Morgan fingerprint density at radius 2 is 1.80 bits per heavy atom. The molecule has 5 rings (SSSR count). The van der Waals surface area contributed by atoms with Crippen LogP contribution in [0.25, 0.3) is 5.69 Å². The Hall–Kier alpha value is -4.38. The summed E-state index contributed by atoms with van der Waals surface area (Å²) in [5.74, 6) is 1.96. The number of carbonyl (C=O) groups excluding carboxylic acids is 1. The van der Waals surface area contributed by atoms with Crippen LogP contribution in [0.2, 0.25) is 0 Å². The fraction of sp³-hybridized carbons (Fsp3) is 0.125. The quantitative estimate of drug-likeness (QED) is 0.223. The number of non-ortho nitro benzene ring substituents is 1. The summed E-state index contributed by atoms with van der Waals surface area (Å²) in [5.41, 5.74) is 2.18. The normalized spacial score (nSPS) is 11.9. The molecule has 1 aromatic heterocycles. The van der Waals surface area contributed by atoms with Crippen molar-refractivity contribution < 1.29 is 19.2 Å². The average Bonchev–Trinajstić information content (AvgIpc) is 3.53. The van der Waals surface area contributed by atoms with Crippen molar-refractivity contribution in [2.75, 3.05) is 6.79 Å². The molecule has 11 heteroatoms. The first-order chi connectivity index (χ1) is 17.1. The van der Waals surface area contributed by atoms with Crippen molar-refractivity contribution in [2.24, 2.45) is 0 Å². The molecule has 10 nitrogen and oxygen atoms in total. The fourth-order valence-electron chi connectivity index (χ4n) is 3.51. The van der Waals surface area contributed by atoms with E-state index in [0.29, 0.717) is 39.5 Å². The van der Waals surface area contributed by atoms with Gasteiger partial charge in [-0.3, -0.25) is 19.5 Å². The Balaban J connectivity index is 1.38. The van der Waals surface area contributed by atoms with Gasteiger partial charge in [0.15, 0.2) is 22.5 Å². The molecule has 0 fully saturated rings. The number of nitro groups is 1. The molecule has 0 saturated heterocycles. The second-order valence-corrected chi connectivity index (χ2v) is 8.48. The number of hydrogen-bond donors (Lipinski definition) is 1. The minimum absolute atomic E-state index is 0.0158. The van der Waals surface area contributed by atoms with Gasteiger partial charge in [0, 0.05) is 29.1 Å². The zero-order valence-electron chi connectivity index (χ0n) is 18.3. The van der Waals surface area contributed by atoms with Gasteiger partial charge in [-0.1, -0.05) is 42.1 Å². The molecule has 0 spiro atoms. The van der Waals surface area contributed by atoms with Crippen molar-refractivity contribution in [3.63, 3.8) is 0 Å². The molecule has 2 heterocycles. The highest BCUT2D eigenvalue weighted by Gasteiger charge is 2.19. The molecule has 1 N–H and O–H groups in total. The number of hydrogen-bond acceptors (Lipinski definition) is 8. The smallest absolute Gasteiger partial charge is 0.269 e. The number of nitro benzene ring substituents is 1. The highest BCUT2D eigenvalue weighted by Crippen LogP contribution is 2.32. The second-order valence-electron chi connectivity index (χ2n) is 7.53. The van der Waals surface area contributed by atoms with Crippen LogP contribution >= 0.6 is 11.8 Å². The lowest BCUT2D eigenvalue weighted by molar-refractivity contribution is -0.384.